The summed E-state index contributed by atoms with van der Waals surface area (Å²) in [5, 5.41) is 11.7. The van der Waals surface area contributed by atoms with Gasteiger partial charge in [-0.15, -0.1) is 0 Å². The van der Waals surface area contributed by atoms with E-state index in [4.69, 9.17) is 25.9 Å². The lowest BCUT2D eigenvalue weighted by Gasteiger charge is -2.10. The monoisotopic (exact) mass is 339 g/mol. The van der Waals surface area contributed by atoms with Gasteiger partial charge in [-0.2, -0.15) is 0 Å². The zero-order valence-electron chi connectivity index (χ0n) is 12.4. The summed E-state index contributed by atoms with van der Waals surface area (Å²) >= 11 is 6.07. The first-order valence-corrected chi connectivity index (χ1v) is 6.99. The molecule has 7 nitrogen and oxygen atoms in total. The molecule has 0 aliphatic rings. The number of halogens is 1. The second-order valence-electron chi connectivity index (χ2n) is 4.82. The summed E-state index contributed by atoms with van der Waals surface area (Å²) in [6.07, 6.45) is -0.277. The van der Waals surface area contributed by atoms with Crippen molar-refractivity contribution < 1.29 is 23.8 Å². The SMILES string of the molecule is COc1cc2oc(=O)c(CC(=O)NCC(=O)O)c(C)c2cc1Cl. The predicted molar refractivity (Wildman–Crippen MR) is 83.1 cm³/mol. The lowest BCUT2D eigenvalue weighted by molar-refractivity contribution is -0.137. The third-order valence-electron chi connectivity index (χ3n) is 3.33. The molecule has 0 aliphatic heterocycles. The molecule has 1 amide bonds. The Morgan fingerprint density at radius 1 is 1.39 bits per heavy atom. The van der Waals surface area contributed by atoms with Crippen LogP contribution in [0.2, 0.25) is 5.02 Å². The van der Waals surface area contributed by atoms with Crippen LogP contribution in [0.3, 0.4) is 0 Å². The fraction of sp³-hybridized carbons (Fsp3) is 0.267. The summed E-state index contributed by atoms with van der Waals surface area (Å²) in [5.74, 6) is -1.38. The molecule has 1 aromatic heterocycles. The summed E-state index contributed by atoms with van der Waals surface area (Å²) in [7, 11) is 1.44. The van der Waals surface area contributed by atoms with Crippen molar-refractivity contribution in [3.05, 3.63) is 38.7 Å². The third kappa shape index (κ3) is 3.62. The van der Waals surface area contributed by atoms with Crippen LogP contribution in [0.1, 0.15) is 11.1 Å². The Morgan fingerprint density at radius 3 is 2.70 bits per heavy atom. The number of fused-ring (bicyclic) bond motifs is 1. The molecule has 0 bridgehead atoms. The van der Waals surface area contributed by atoms with Crippen molar-refractivity contribution in [1.82, 2.24) is 5.32 Å². The van der Waals surface area contributed by atoms with Crippen molar-refractivity contribution in [3.63, 3.8) is 0 Å². The molecular weight excluding hydrogens is 326 g/mol. The van der Waals surface area contributed by atoms with E-state index >= 15 is 0 Å². The van der Waals surface area contributed by atoms with E-state index in [1.165, 1.54) is 13.2 Å². The normalized spacial score (nSPS) is 10.6. The Kier molecular flexibility index (Phi) is 4.90. The van der Waals surface area contributed by atoms with Gasteiger partial charge in [0, 0.05) is 11.5 Å². The van der Waals surface area contributed by atoms with E-state index in [9.17, 15) is 14.4 Å². The van der Waals surface area contributed by atoms with Crippen molar-refractivity contribution in [2.24, 2.45) is 0 Å². The fourth-order valence-electron chi connectivity index (χ4n) is 2.15. The summed E-state index contributed by atoms with van der Waals surface area (Å²) < 4.78 is 10.3. The minimum atomic E-state index is -1.17. The number of rotatable bonds is 5. The van der Waals surface area contributed by atoms with Gasteiger partial charge in [-0.1, -0.05) is 11.6 Å². The average molecular weight is 340 g/mol. The molecule has 122 valence electrons. The molecule has 0 aliphatic carbocycles. The molecule has 0 saturated heterocycles. The van der Waals surface area contributed by atoms with Crippen LogP contribution >= 0.6 is 11.6 Å². The molecule has 0 atom stereocenters. The summed E-state index contributed by atoms with van der Waals surface area (Å²) in [5.41, 5.74) is 0.334. The molecule has 8 heteroatoms. The van der Waals surface area contributed by atoms with Crippen LogP contribution in [0.4, 0.5) is 0 Å². The van der Waals surface area contributed by atoms with Gasteiger partial charge >= 0.3 is 11.6 Å². The van der Waals surface area contributed by atoms with Crippen LogP contribution in [0.15, 0.2) is 21.3 Å². The van der Waals surface area contributed by atoms with Gasteiger partial charge < -0.3 is 19.6 Å². The minimum Gasteiger partial charge on any atom is -0.495 e. The topological polar surface area (TPSA) is 106 Å². The van der Waals surface area contributed by atoms with Crippen molar-refractivity contribution in [1.29, 1.82) is 0 Å². The van der Waals surface area contributed by atoms with Crippen LogP contribution in [-0.2, 0) is 16.0 Å². The van der Waals surface area contributed by atoms with Gasteiger partial charge in [-0.05, 0) is 18.6 Å². The number of carbonyl (C=O) groups excluding carboxylic acids is 1. The number of nitrogens with one attached hydrogen (secondary N) is 1. The molecule has 2 rings (SSSR count). The zero-order valence-corrected chi connectivity index (χ0v) is 13.2. The van der Waals surface area contributed by atoms with E-state index in [0.29, 0.717) is 27.3 Å². The molecule has 1 heterocycles. The smallest absolute Gasteiger partial charge is 0.340 e. The van der Waals surface area contributed by atoms with Crippen molar-refractivity contribution in [3.8, 4) is 5.75 Å². The standard InChI is InChI=1S/C15H14ClNO6/c1-7-8-3-10(16)12(22-2)5-11(8)23-15(21)9(7)4-13(18)17-6-14(19)20/h3,5H,4,6H2,1-2H3,(H,17,18)(H,19,20). The van der Waals surface area contributed by atoms with Crippen LogP contribution in [0.5, 0.6) is 5.75 Å². The Labute approximate surface area is 135 Å². The second kappa shape index (κ2) is 6.70. The molecule has 2 N–H and O–H groups in total. The number of carboxylic acids is 1. The van der Waals surface area contributed by atoms with Gasteiger partial charge in [0.1, 0.15) is 17.9 Å². The third-order valence-corrected chi connectivity index (χ3v) is 3.63. The molecule has 0 radical (unpaired) electrons. The summed E-state index contributed by atoms with van der Waals surface area (Å²) in [4.78, 5) is 34.2. The second-order valence-corrected chi connectivity index (χ2v) is 5.23. The largest absolute Gasteiger partial charge is 0.495 e. The van der Waals surface area contributed by atoms with Gasteiger partial charge in [-0.25, -0.2) is 4.79 Å². The number of carboxylic acid groups (broad SMARTS) is 1. The van der Waals surface area contributed by atoms with Crippen molar-refractivity contribution in [2.75, 3.05) is 13.7 Å². The first-order chi connectivity index (χ1) is 10.8. The van der Waals surface area contributed by atoms with Crippen molar-refractivity contribution >= 4 is 34.4 Å². The number of ether oxygens (including phenoxy) is 1. The average Bonchev–Trinajstić information content (AvgIpc) is 2.49. The lowest BCUT2D eigenvalue weighted by atomic mass is 10.0. The van der Waals surface area contributed by atoms with E-state index in [1.54, 1.807) is 13.0 Å². The summed E-state index contributed by atoms with van der Waals surface area (Å²) in [6.45, 7) is 1.15. The quantitative estimate of drug-likeness (QED) is 0.800. The summed E-state index contributed by atoms with van der Waals surface area (Å²) in [6, 6.07) is 3.09. The maximum atomic E-state index is 12.1. The van der Waals surface area contributed by atoms with E-state index in [-0.39, 0.29) is 12.0 Å². The number of hydrogen-bond acceptors (Lipinski definition) is 5. The molecule has 0 spiro atoms. The molecule has 0 unspecified atom stereocenters. The lowest BCUT2D eigenvalue weighted by Crippen LogP contribution is -2.32. The molecule has 0 fully saturated rings. The first-order valence-electron chi connectivity index (χ1n) is 6.61. The number of hydrogen-bond donors (Lipinski definition) is 2. The van der Waals surface area contributed by atoms with E-state index in [2.05, 4.69) is 5.32 Å². The van der Waals surface area contributed by atoms with E-state index < -0.39 is 24.0 Å². The maximum Gasteiger partial charge on any atom is 0.340 e. The van der Waals surface area contributed by atoms with Gasteiger partial charge in [0.25, 0.3) is 0 Å². The van der Waals surface area contributed by atoms with Crippen LogP contribution < -0.4 is 15.7 Å². The van der Waals surface area contributed by atoms with E-state index in [1.807, 2.05) is 0 Å². The van der Waals surface area contributed by atoms with Gasteiger partial charge in [-0.3, -0.25) is 9.59 Å². The van der Waals surface area contributed by atoms with Gasteiger partial charge in [0.15, 0.2) is 0 Å². The van der Waals surface area contributed by atoms with Crippen molar-refractivity contribution in [2.45, 2.75) is 13.3 Å². The highest BCUT2D eigenvalue weighted by Crippen LogP contribution is 2.31. The first kappa shape index (κ1) is 16.8. The number of aryl methyl sites for hydroxylation is 1. The number of amides is 1. The number of methoxy groups -OCH3 is 1. The Morgan fingerprint density at radius 2 is 2.09 bits per heavy atom. The highest BCUT2D eigenvalue weighted by atomic mass is 35.5. The number of benzene rings is 1. The highest BCUT2D eigenvalue weighted by Gasteiger charge is 2.17. The fourth-order valence-corrected chi connectivity index (χ4v) is 2.39. The molecular formula is C15H14ClNO6. The Hall–Kier alpha value is -2.54. The molecule has 2 aromatic rings. The maximum absolute atomic E-state index is 12.1. The Bertz CT molecular complexity index is 842. The number of aliphatic carboxylic acids is 1. The highest BCUT2D eigenvalue weighted by molar-refractivity contribution is 6.32. The predicted octanol–water partition coefficient (Wildman–Crippen LogP) is 1.51. The molecule has 23 heavy (non-hydrogen) atoms. The van der Waals surface area contributed by atoms with Crippen LogP contribution in [-0.4, -0.2) is 30.6 Å². The Balaban J connectivity index is 2.43. The van der Waals surface area contributed by atoms with E-state index in [0.717, 1.165) is 0 Å². The molecule has 0 saturated carbocycles. The van der Waals surface area contributed by atoms with Gasteiger partial charge in [0.2, 0.25) is 5.91 Å². The number of carbonyl (C=O) groups is 2. The van der Waals surface area contributed by atoms with Crippen LogP contribution in [0, 0.1) is 6.92 Å². The minimum absolute atomic E-state index is 0.154. The zero-order chi connectivity index (χ0) is 17.1. The van der Waals surface area contributed by atoms with Crippen LogP contribution in [0.25, 0.3) is 11.0 Å². The van der Waals surface area contributed by atoms with Gasteiger partial charge in [0.05, 0.1) is 24.1 Å². The molecule has 1 aromatic carbocycles.